The Labute approximate surface area is 171 Å². The van der Waals surface area contributed by atoms with E-state index in [1.165, 1.54) is 0 Å². The highest BCUT2D eigenvalue weighted by Gasteiger charge is 2.29. The van der Waals surface area contributed by atoms with E-state index in [0.717, 1.165) is 24.0 Å². The summed E-state index contributed by atoms with van der Waals surface area (Å²) in [5.74, 6) is 0.844. The maximum absolute atomic E-state index is 13.0. The van der Waals surface area contributed by atoms with Gasteiger partial charge in [0.15, 0.2) is 0 Å². The van der Waals surface area contributed by atoms with E-state index in [2.05, 4.69) is 5.32 Å². The second kappa shape index (κ2) is 8.99. The van der Waals surface area contributed by atoms with Gasteiger partial charge in [-0.15, -0.1) is 0 Å². The van der Waals surface area contributed by atoms with E-state index in [9.17, 15) is 9.59 Å². The second-order valence-corrected chi connectivity index (χ2v) is 7.56. The lowest BCUT2D eigenvalue weighted by Gasteiger charge is -2.32. The van der Waals surface area contributed by atoms with Crippen LogP contribution in [0.2, 0.25) is 0 Å². The van der Waals surface area contributed by atoms with Gasteiger partial charge in [0.25, 0.3) is 5.91 Å². The van der Waals surface area contributed by atoms with Crippen molar-refractivity contribution in [2.45, 2.75) is 26.7 Å². The maximum Gasteiger partial charge on any atom is 0.253 e. The minimum Gasteiger partial charge on any atom is -0.497 e. The SMILES string of the molecule is COc1cc(NC(=O)[C@@H]2CCCN(C(=O)c3cc(C)cc(C)c3)C2)cc(OC)c1. The van der Waals surface area contributed by atoms with Gasteiger partial charge in [-0.3, -0.25) is 9.59 Å². The highest BCUT2D eigenvalue weighted by atomic mass is 16.5. The third-order valence-electron chi connectivity index (χ3n) is 5.17. The van der Waals surface area contributed by atoms with Gasteiger partial charge in [-0.2, -0.15) is 0 Å². The maximum atomic E-state index is 13.0. The number of hydrogen-bond acceptors (Lipinski definition) is 4. The van der Waals surface area contributed by atoms with E-state index in [1.54, 1.807) is 37.3 Å². The number of nitrogens with zero attached hydrogens (tertiary/aromatic N) is 1. The molecule has 0 unspecified atom stereocenters. The molecule has 1 saturated heterocycles. The summed E-state index contributed by atoms with van der Waals surface area (Å²) in [6, 6.07) is 11.1. The van der Waals surface area contributed by atoms with Gasteiger partial charge in [0, 0.05) is 42.5 Å². The summed E-state index contributed by atoms with van der Waals surface area (Å²) < 4.78 is 10.5. The van der Waals surface area contributed by atoms with Crippen molar-refractivity contribution in [3.8, 4) is 11.5 Å². The van der Waals surface area contributed by atoms with Crippen LogP contribution in [0.4, 0.5) is 5.69 Å². The van der Waals surface area contributed by atoms with Gasteiger partial charge in [-0.1, -0.05) is 17.2 Å². The summed E-state index contributed by atoms with van der Waals surface area (Å²) in [5, 5.41) is 2.94. The van der Waals surface area contributed by atoms with E-state index in [1.807, 2.05) is 32.0 Å². The quantitative estimate of drug-likeness (QED) is 0.834. The van der Waals surface area contributed by atoms with Crippen LogP contribution < -0.4 is 14.8 Å². The predicted molar refractivity (Wildman–Crippen MR) is 113 cm³/mol. The molecule has 1 aliphatic heterocycles. The average molecular weight is 396 g/mol. The molecule has 0 aliphatic carbocycles. The molecule has 6 nitrogen and oxygen atoms in total. The zero-order valence-electron chi connectivity index (χ0n) is 17.5. The molecular weight excluding hydrogens is 368 g/mol. The number of methoxy groups -OCH3 is 2. The van der Waals surface area contributed by atoms with Crippen LogP contribution in [0.15, 0.2) is 36.4 Å². The fraction of sp³-hybridized carbons (Fsp3) is 0.391. The van der Waals surface area contributed by atoms with Gasteiger partial charge in [0.05, 0.1) is 20.1 Å². The van der Waals surface area contributed by atoms with Crippen molar-refractivity contribution < 1.29 is 19.1 Å². The van der Waals surface area contributed by atoms with Gasteiger partial charge >= 0.3 is 0 Å². The molecule has 1 N–H and O–H groups in total. The van der Waals surface area contributed by atoms with Crippen molar-refractivity contribution >= 4 is 17.5 Å². The monoisotopic (exact) mass is 396 g/mol. The van der Waals surface area contributed by atoms with E-state index < -0.39 is 0 Å². The first-order valence-corrected chi connectivity index (χ1v) is 9.81. The van der Waals surface area contributed by atoms with Gasteiger partial charge in [-0.05, 0) is 38.8 Å². The van der Waals surface area contributed by atoms with Crippen molar-refractivity contribution in [2.24, 2.45) is 5.92 Å². The van der Waals surface area contributed by atoms with Crippen LogP contribution in [0.1, 0.15) is 34.3 Å². The smallest absolute Gasteiger partial charge is 0.253 e. The first-order valence-electron chi connectivity index (χ1n) is 9.81. The molecule has 0 saturated carbocycles. The average Bonchev–Trinajstić information content (AvgIpc) is 2.72. The lowest BCUT2D eigenvalue weighted by molar-refractivity contribution is -0.121. The Morgan fingerprint density at radius 3 is 2.17 bits per heavy atom. The Bertz CT molecular complexity index is 867. The van der Waals surface area contributed by atoms with Crippen molar-refractivity contribution in [3.05, 3.63) is 53.1 Å². The third kappa shape index (κ3) is 5.08. The number of rotatable bonds is 5. The molecular formula is C23H28N2O4. The van der Waals surface area contributed by atoms with Crippen molar-refractivity contribution in [1.29, 1.82) is 0 Å². The fourth-order valence-corrected chi connectivity index (χ4v) is 3.78. The molecule has 0 spiro atoms. The van der Waals surface area contributed by atoms with Gasteiger partial charge in [-0.25, -0.2) is 0 Å². The number of carbonyl (C=O) groups excluding carboxylic acids is 2. The number of anilines is 1. The molecule has 2 amide bonds. The minimum atomic E-state index is -0.254. The lowest BCUT2D eigenvalue weighted by Crippen LogP contribution is -2.43. The van der Waals surface area contributed by atoms with Gasteiger partial charge in [0.2, 0.25) is 5.91 Å². The van der Waals surface area contributed by atoms with Crippen LogP contribution in [0.25, 0.3) is 0 Å². The number of aryl methyl sites for hydroxylation is 2. The molecule has 0 bridgehead atoms. The molecule has 6 heteroatoms. The number of amides is 2. The van der Waals surface area contributed by atoms with E-state index in [0.29, 0.717) is 35.8 Å². The zero-order chi connectivity index (χ0) is 21.0. The van der Waals surface area contributed by atoms with Crippen LogP contribution >= 0.6 is 0 Å². The molecule has 1 aliphatic rings. The molecule has 2 aromatic rings. The summed E-state index contributed by atoms with van der Waals surface area (Å²) in [6.07, 6.45) is 1.56. The van der Waals surface area contributed by atoms with Crippen LogP contribution in [0.3, 0.4) is 0 Å². The van der Waals surface area contributed by atoms with Crippen molar-refractivity contribution in [1.82, 2.24) is 4.90 Å². The van der Waals surface area contributed by atoms with Crippen molar-refractivity contribution in [2.75, 3.05) is 32.6 Å². The first-order chi connectivity index (χ1) is 13.9. The number of benzene rings is 2. The van der Waals surface area contributed by atoms with Crippen LogP contribution in [-0.4, -0.2) is 44.0 Å². The predicted octanol–water partition coefficient (Wildman–Crippen LogP) is 3.81. The molecule has 0 aromatic heterocycles. The number of hydrogen-bond donors (Lipinski definition) is 1. The molecule has 0 radical (unpaired) electrons. The highest BCUT2D eigenvalue weighted by molar-refractivity contribution is 5.96. The number of piperidine rings is 1. The van der Waals surface area contributed by atoms with Gasteiger partial charge in [0.1, 0.15) is 11.5 Å². The Morgan fingerprint density at radius 2 is 1.59 bits per heavy atom. The molecule has 1 atom stereocenters. The van der Waals surface area contributed by atoms with Crippen molar-refractivity contribution in [3.63, 3.8) is 0 Å². The standard InChI is InChI=1S/C23H28N2O4/c1-15-8-16(2)10-18(9-15)23(27)25-7-5-6-17(14-25)22(26)24-19-11-20(28-3)13-21(12-19)29-4/h8-13,17H,5-7,14H2,1-4H3,(H,24,26)/t17-/m1/s1. The van der Waals surface area contributed by atoms with Gasteiger partial charge < -0.3 is 19.7 Å². The summed E-state index contributed by atoms with van der Waals surface area (Å²) in [5.41, 5.74) is 3.42. The summed E-state index contributed by atoms with van der Waals surface area (Å²) in [4.78, 5) is 27.6. The summed E-state index contributed by atoms with van der Waals surface area (Å²) in [6.45, 7) is 5.05. The topological polar surface area (TPSA) is 67.9 Å². The van der Waals surface area contributed by atoms with Crippen LogP contribution in [0.5, 0.6) is 11.5 Å². The zero-order valence-corrected chi connectivity index (χ0v) is 17.5. The molecule has 1 heterocycles. The summed E-state index contributed by atoms with van der Waals surface area (Å²) >= 11 is 0. The van der Waals surface area contributed by atoms with Crippen LogP contribution in [0, 0.1) is 19.8 Å². The van der Waals surface area contributed by atoms with E-state index in [4.69, 9.17) is 9.47 Å². The number of carbonyl (C=O) groups is 2. The Hall–Kier alpha value is -3.02. The van der Waals surface area contributed by atoms with E-state index >= 15 is 0 Å². The summed E-state index contributed by atoms with van der Waals surface area (Å²) in [7, 11) is 3.13. The molecule has 3 rings (SSSR count). The van der Waals surface area contributed by atoms with E-state index in [-0.39, 0.29) is 17.7 Å². The Balaban J connectivity index is 1.70. The lowest BCUT2D eigenvalue weighted by atomic mass is 9.96. The minimum absolute atomic E-state index is 0.0163. The molecule has 154 valence electrons. The third-order valence-corrected chi connectivity index (χ3v) is 5.17. The fourth-order valence-electron chi connectivity index (χ4n) is 3.78. The van der Waals surface area contributed by atoms with Crippen LogP contribution in [-0.2, 0) is 4.79 Å². The number of nitrogens with one attached hydrogen (secondary N) is 1. The molecule has 1 fully saturated rings. The normalized spacial score (nSPS) is 16.3. The first kappa shape index (κ1) is 20.7. The molecule has 29 heavy (non-hydrogen) atoms. The molecule has 2 aromatic carbocycles. The Kier molecular flexibility index (Phi) is 6.42. The largest absolute Gasteiger partial charge is 0.497 e. The highest BCUT2D eigenvalue weighted by Crippen LogP contribution is 2.27. The number of ether oxygens (including phenoxy) is 2. The second-order valence-electron chi connectivity index (χ2n) is 7.56. The Morgan fingerprint density at radius 1 is 0.966 bits per heavy atom. The number of likely N-dealkylation sites (tertiary alicyclic amines) is 1.